The SMILES string of the molecule is CCc1ccccc1NC1CCSc2ccc(Cl)cc21. The first kappa shape index (κ1) is 13.8. The molecule has 0 aromatic heterocycles. The molecule has 0 fully saturated rings. The molecule has 0 aliphatic carbocycles. The summed E-state index contributed by atoms with van der Waals surface area (Å²) in [5, 5.41) is 4.53. The fourth-order valence-electron chi connectivity index (χ4n) is 2.67. The van der Waals surface area contributed by atoms with Crippen molar-refractivity contribution in [2.24, 2.45) is 0 Å². The van der Waals surface area contributed by atoms with E-state index < -0.39 is 0 Å². The smallest absolute Gasteiger partial charge is 0.0533 e. The molecule has 20 heavy (non-hydrogen) atoms. The van der Waals surface area contributed by atoms with Gasteiger partial charge in [0.25, 0.3) is 0 Å². The molecule has 1 unspecified atom stereocenters. The van der Waals surface area contributed by atoms with Crippen LogP contribution >= 0.6 is 23.4 Å². The largest absolute Gasteiger partial charge is 0.378 e. The molecule has 0 spiro atoms. The van der Waals surface area contributed by atoms with E-state index in [0.717, 1.165) is 23.6 Å². The molecule has 3 rings (SSSR count). The highest BCUT2D eigenvalue weighted by molar-refractivity contribution is 7.99. The Hall–Kier alpha value is -1.12. The summed E-state index contributed by atoms with van der Waals surface area (Å²) < 4.78 is 0. The number of hydrogen-bond acceptors (Lipinski definition) is 2. The van der Waals surface area contributed by atoms with Gasteiger partial charge in [0.05, 0.1) is 6.04 Å². The van der Waals surface area contributed by atoms with Crippen molar-refractivity contribution in [2.75, 3.05) is 11.1 Å². The highest BCUT2D eigenvalue weighted by Gasteiger charge is 2.21. The third-order valence-electron chi connectivity index (χ3n) is 3.74. The second-order valence-corrected chi connectivity index (χ2v) is 6.60. The molecule has 1 aliphatic rings. The molecule has 1 N–H and O–H groups in total. The lowest BCUT2D eigenvalue weighted by atomic mass is 10.0. The van der Waals surface area contributed by atoms with Gasteiger partial charge in [-0.25, -0.2) is 0 Å². The average molecular weight is 304 g/mol. The molecule has 1 heterocycles. The van der Waals surface area contributed by atoms with Crippen molar-refractivity contribution in [1.82, 2.24) is 0 Å². The number of fused-ring (bicyclic) bond motifs is 1. The minimum atomic E-state index is 0.359. The summed E-state index contributed by atoms with van der Waals surface area (Å²) in [6, 6.07) is 15.2. The van der Waals surface area contributed by atoms with Gasteiger partial charge in [0.2, 0.25) is 0 Å². The zero-order valence-corrected chi connectivity index (χ0v) is 13.1. The third-order valence-corrected chi connectivity index (χ3v) is 5.10. The molecule has 0 bridgehead atoms. The molecule has 1 atom stereocenters. The standard InChI is InChI=1S/C17H18ClNS/c1-2-12-5-3-4-6-15(12)19-16-9-10-20-17-8-7-13(18)11-14(16)17/h3-8,11,16,19H,2,9-10H2,1H3. The topological polar surface area (TPSA) is 12.0 Å². The van der Waals surface area contributed by atoms with Crippen LogP contribution in [-0.4, -0.2) is 5.75 Å². The van der Waals surface area contributed by atoms with Gasteiger partial charge in [-0.05, 0) is 48.2 Å². The maximum Gasteiger partial charge on any atom is 0.0533 e. The predicted octanol–water partition coefficient (Wildman–Crippen LogP) is 5.55. The van der Waals surface area contributed by atoms with Gasteiger partial charge < -0.3 is 5.32 Å². The van der Waals surface area contributed by atoms with Crippen LogP contribution in [0.15, 0.2) is 47.4 Å². The summed E-state index contributed by atoms with van der Waals surface area (Å²) in [6.45, 7) is 2.20. The second kappa shape index (κ2) is 6.11. The van der Waals surface area contributed by atoms with Crippen molar-refractivity contribution in [2.45, 2.75) is 30.7 Å². The predicted molar refractivity (Wildman–Crippen MR) is 89.0 cm³/mol. The van der Waals surface area contributed by atoms with E-state index in [2.05, 4.69) is 48.6 Å². The fraction of sp³-hybridized carbons (Fsp3) is 0.294. The van der Waals surface area contributed by atoms with Crippen LogP contribution in [0.4, 0.5) is 5.69 Å². The highest BCUT2D eigenvalue weighted by atomic mass is 35.5. The second-order valence-electron chi connectivity index (χ2n) is 5.03. The minimum Gasteiger partial charge on any atom is -0.378 e. The zero-order valence-electron chi connectivity index (χ0n) is 11.5. The number of para-hydroxylation sites is 1. The van der Waals surface area contributed by atoms with Crippen molar-refractivity contribution in [3.8, 4) is 0 Å². The molecular weight excluding hydrogens is 286 g/mol. The Bertz CT molecular complexity index is 612. The van der Waals surface area contributed by atoms with Gasteiger partial charge in [-0.1, -0.05) is 36.7 Å². The molecule has 3 heteroatoms. The number of rotatable bonds is 3. The van der Waals surface area contributed by atoms with E-state index in [1.165, 1.54) is 21.7 Å². The van der Waals surface area contributed by atoms with Crippen LogP contribution in [-0.2, 0) is 6.42 Å². The number of thioether (sulfide) groups is 1. The fourth-order valence-corrected chi connectivity index (χ4v) is 3.96. The van der Waals surface area contributed by atoms with Gasteiger partial charge in [-0.2, -0.15) is 0 Å². The molecule has 1 nitrogen and oxygen atoms in total. The molecule has 2 aromatic carbocycles. The van der Waals surface area contributed by atoms with E-state index >= 15 is 0 Å². The average Bonchev–Trinajstić information content (AvgIpc) is 2.48. The summed E-state index contributed by atoms with van der Waals surface area (Å²) in [4.78, 5) is 1.35. The molecule has 2 aromatic rings. The van der Waals surface area contributed by atoms with Gasteiger partial charge in [-0.3, -0.25) is 0 Å². The van der Waals surface area contributed by atoms with Crippen LogP contribution in [0.5, 0.6) is 0 Å². The Labute approximate surface area is 129 Å². The quantitative estimate of drug-likeness (QED) is 0.797. The van der Waals surface area contributed by atoms with Crippen LogP contribution in [0.25, 0.3) is 0 Å². The van der Waals surface area contributed by atoms with E-state index in [1.54, 1.807) is 0 Å². The number of halogens is 1. The molecule has 0 saturated heterocycles. The lowest BCUT2D eigenvalue weighted by Crippen LogP contribution is -2.16. The first-order chi connectivity index (χ1) is 9.78. The van der Waals surface area contributed by atoms with E-state index in [-0.39, 0.29) is 0 Å². The van der Waals surface area contributed by atoms with E-state index in [9.17, 15) is 0 Å². The Morgan fingerprint density at radius 1 is 1.25 bits per heavy atom. The van der Waals surface area contributed by atoms with Crippen molar-refractivity contribution in [3.63, 3.8) is 0 Å². The monoisotopic (exact) mass is 303 g/mol. The van der Waals surface area contributed by atoms with Crippen molar-refractivity contribution in [3.05, 3.63) is 58.6 Å². The van der Waals surface area contributed by atoms with Crippen LogP contribution in [0, 0.1) is 0 Å². The number of aryl methyl sites for hydroxylation is 1. The summed E-state index contributed by atoms with van der Waals surface area (Å²) in [6.07, 6.45) is 2.18. The molecule has 0 saturated carbocycles. The van der Waals surface area contributed by atoms with Crippen LogP contribution in [0.3, 0.4) is 0 Å². The first-order valence-corrected chi connectivity index (χ1v) is 8.41. The van der Waals surface area contributed by atoms with Crippen molar-refractivity contribution in [1.29, 1.82) is 0 Å². The number of anilines is 1. The first-order valence-electron chi connectivity index (χ1n) is 7.04. The van der Waals surface area contributed by atoms with Crippen molar-refractivity contribution < 1.29 is 0 Å². The Morgan fingerprint density at radius 2 is 2.10 bits per heavy atom. The molecular formula is C17H18ClNS. The van der Waals surface area contributed by atoms with Crippen LogP contribution < -0.4 is 5.32 Å². The maximum atomic E-state index is 6.17. The Balaban J connectivity index is 1.91. The van der Waals surface area contributed by atoms with Gasteiger partial charge in [0.1, 0.15) is 0 Å². The third kappa shape index (κ3) is 2.82. The molecule has 1 aliphatic heterocycles. The molecule has 0 radical (unpaired) electrons. The summed E-state index contributed by atoms with van der Waals surface area (Å²) in [7, 11) is 0. The van der Waals surface area contributed by atoms with Crippen molar-refractivity contribution >= 4 is 29.1 Å². The lowest BCUT2D eigenvalue weighted by Gasteiger charge is -2.28. The summed E-state index contributed by atoms with van der Waals surface area (Å²) in [5.74, 6) is 1.15. The van der Waals surface area contributed by atoms with E-state index in [1.807, 2.05) is 17.8 Å². The zero-order chi connectivity index (χ0) is 13.9. The molecule has 104 valence electrons. The normalized spacial score (nSPS) is 17.6. The van der Waals surface area contributed by atoms with Gasteiger partial charge in [-0.15, -0.1) is 11.8 Å². The Morgan fingerprint density at radius 3 is 2.95 bits per heavy atom. The lowest BCUT2D eigenvalue weighted by molar-refractivity contribution is 0.727. The van der Waals surface area contributed by atoms with Crippen LogP contribution in [0.1, 0.15) is 30.5 Å². The van der Waals surface area contributed by atoms with Gasteiger partial charge >= 0.3 is 0 Å². The molecule has 0 amide bonds. The van der Waals surface area contributed by atoms with E-state index in [4.69, 9.17) is 11.6 Å². The number of benzene rings is 2. The minimum absolute atomic E-state index is 0.359. The number of nitrogens with one attached hydrogen (secondary N) is 1. The maximum absolute atomic E-state index is 6.17. The highest BCUT2D eigenvalue weighted by Crippen LogP contribution is 2.39. The Kier molecular flexibility index (Phi) is 4.23. The van der Waals surface area contributed by atoms with Gasteiger partial charge in [0, 0.05) is 21.4 Å². The summed E-state index contributed by atoms with van der Waals surface area (Å²) in [5.41, 5.74) is 3.95. The van der Waals surface area contributed by atoms with Gasteiger partial charge in [0.15, 0.2) is 0 Å². The van der Waals surface area contributed by atoms with E-state index in [0.29, 0.717) is 6.04 Å². The number of hydrogen-bond donors (Lipinski definition) is 1. The summed E-state index contributed by atoms with van der Waals surface area (Å²) >= 11 is 8.09. The van der Waals surface area contributed by atoms with Crippen LogP contribution in [0.2, 0.25) is 5.02 Å².